The molecule has 1 aliphatic heterocycles. The highest BCUT2D eigenvalue weighted by molar-refractivity contribution is 5.76. The molecular formula is C16H19NO6. The van der Waals surface area contributed by atoms with Crippen molar-refractivity contribution in [2.24, 2.45) is 0 Å². The molecule has 1 saturated carbocycles. The lowest BCUT2D eigenvalue weighted by atomic mass is 9.76. The van der Waals surface area contributed by atoms with Crippen molar-refractivity contribution in [3.8, 4) is 5.75 Å². The molecule has 1 aromatic heterocycles. The Labute approximate surface area is 132 Å². The summed E-state index contributed by atoms with van der Waals surface area (Å²) in [5, 5.41) is 11.1. The molecule has 1 aliphatic carbocycles. The fourth-order valence-electron chi connectivity index (χ4n) is 3.61. The molecule has 23 heavy (non-hydrogen) atoms. The molecule has 0 radical (unpaired) electrons. The first-order valence-electron chi connectivity index (χ1n) is 7.75. The minimum Gasteiger partial charge on any atom is -0.496 e. The largest absolute Gasteiger partial charge is 0.496 e. The van der Waals surface area contributed by atoms with E-state index >= 15 is 0 Å². The Balaban J connectivity index is 1.71. The monoisotopic (exact) mass is 321 g/mol. The number of ether oxygens (including phenoxy) is 3. The Morgan fingerprint density at radius 3 is 2.52 bits per heavy atom. The topological polar surface area (TPSA) is 93.9 Å². The van der Waals surface area contributed by atoms with Crippen molar-refractivity contribution in [1.29, 1.82) is 0 Å². The van der Waals surface area contributed by atoms with Crippen molar-refractivity contribution < 1.29 is 23.7 Å². The van der Waals surface area contributed by atoms with Gasteiger partial charge in [0.15, 0.2) is 11.4 Å². The van der Waals surface area contributed by atoms with Gasteiger partial charge in [0.05, 0.1) is 31.4 Å². The van der Waals surface area contributed by atoms with E-state index in [1.165, 1.54) is 0 Å². The zero-order chi connectivity index (χ0) is 16.1. The summed E-state index contributed by atoms with van der Waals surface area (Å²) in [6.07, 6.45) is 2.20. The predicted molar refractivity (Wildman–Crippen MR) is 80.4 cm³/mol. The maximum atomic E-state index is 11.4. The van der Waals surface area contributed by atoms with Crippen LogP contribution in [-0.2, 0) is 15.1 Å². The van der Waals surface area contributed by atoms with Crippen LogP contribution in [0.3, 0.4) is 0 Å². The number of hydrogen-bond donors (Lipinski definition) is 2. The summed E-state index contributed by atoms with van der Waals surface area (Å²) in [7, 11) is 1.54. The number of aromatic amines is 1. The van der Waals surface area contributed by atoms with Crippen molar-refractivity contribution in [2.45, 2.75) is 37.1 Å². The van der Waals surface area contributed by atoms with Crippen LogP contribution in [0.1, 0.15) is 31.2 Å². The van der Waals surface area contributed by atoms with Crippen molar-refractivity contribution in [3.05, 3.63) is 28.2 Å². The molecule has 1 spiro atoms. The molecule has 2 aromatic rings. The van der Waals surface area contributed by atoms with Gasteiger partial charge >= 0.3 is 5.76 Å². The van der Waals surface area contributed by atoms with Crippen LogP contribution in [0.5, 0.6) is 5.75 Å². The minimum absolute atomic E-state index is 0.410. The van der Waals surface area contributed by atoms with E-state index in [9.17, 15) is 9.90 Å². The van der Waals surface area contributed by atoms with Gasteiger partial charge in [-0.2, -0.15) is 0 Å². The Morgan fingerprint density at radius 2 is 1.87 bits per heavy atom. The molecule has 4 rings (SSSR count). The van der Waals surface area contributed by atoms with Crippen LogP contribution in [0.25, 0.3) is 11.1 Å². The fraction of sp³-hybridized carbons (Fsp3) is 0.562. The van der Waals surface area contributed by atoms with Crippen LogP contribution in [0.2, 0.25) is 0 Å². The number of aromatic nitrogens is 1. The molecule has 0 bridgehead atoms. The number of H-pyrrole nitrogens is 1. The van der Waals surface area contributed by atoms with Gasteiger partial charge in [0, 0.05) is 24.5 Å². The lowest BCUT2D eigenvalue weighted by Gasteiger charge is -2.41. The molecular weight excluding hydrogens is 302 g/mol. The Morgan fingerprint density at radius 1 is 1.17 bits per heavy atom. The Kier molecular flexibility index (Phi) is 3.26. The number of oxazole rings is 1. The third kappa shape index (κ3) is 2.36. The molecule has 1 saturated heterocycles. The molecule has 1 aromatic carbocycles. The standard InChI is InChI=1S/C16H19NO6/c1-20-12-9-11-13(23-14(18)17-11)8-10(12)15(19)2-4-16(5-3-15)21-6-7-22-16/h8-9,19H,2-7H2,1H3,(H,17,18). The van der Waals surface area contributed by atoms with Gasteiger partial charge in [-0.15, -0.1) is 0 Å². The third-order valence-corrected chi connectivity index (χ3v) is 4.89. The molecule has 2 aliphatic rings. The highest BCUT2D eigenvalue weighted by Crippen LogP contribution is 2.47. The maximum Gasteiger partial charge on any atom is 0.417 e. The second-order valence-corrected chi connectivity index (χ2v) is 6.20. The summed E-state index contributed by atoms with van der Waals surface area (Å²) >= 11 is 0. The average Bonchev–Trinajstić information content (AvgIpc) is 3.15. The van der Waals surface area contributed by atoms with Gasteiger partial charge in [-0.3, -0.25) is 4.98 Å². The van der Waals surface area contributed by atoms with Gasteiger partial charge in [0.25, 0.3) is 0 Å². The van der Waals surface area contributed by atoms with Crippen molar-refractivity contribution >= 4 is 11.1 Å². The van der Waals surface area contributed by atoms with Crippen molar-refractivity contribution in [3.63, 3.8) is 0 Å². The first-order valence-corrected chi connectivity index (χ1v) is 7.75. The molecule has 2 heterocycles. The second-order valence-electron chi connectivity index (χ2n) is 6.20. The van der Waals surface area contributed by atoms with Gasteiger partial charge in [0.1, 0.15) is 5.75 Å². The van der Waals surface area contributed by atoms with Gasteiger partial charge in [0.2, 0.25) is 0 Å². The molecule has 0 unspecified atom stereocenters. The van der Waals surface area contributed by atoms with Crippen LogP contribution in [0, 0.1) is 0 Å². The summed E-state index contributed by atoms with van der Waals surface area (Å²) in [6, 6.07) is 3.36. The van der Waals surface area contributed by atoms with Crippen LogP contribution in [-0.4, -0.2) is 36.2 Å². The first-order chi connectivity index (χ1) is 11.0. The number of methoxy groups -OCH3 is 1. The highest BCUT2D eigenvalue weighted by Gasteiger charge is 2.47. The van der Waals surface area contributed by atoms with Crippen LogP contribution >= 0.6 is 0 Å². The number of rotatable bonds is 2. The van der Waals surface area contributed by atoms with Crippen LogP contribution in [0.4, 0.5) is 0 Å². The van der Waals surface area contributed by atoms with E-state index in [1.807, 2.05) is 0 Å². The quantitative estimate of drug-likeness (QED) is 0.873. The molecule has 0 atom stereocenters. The summed E-state index contributed by atoms with van der Waals surface area (Å²) in [6.45, 7) is 1.20. The van der Waals surface area contributed by atoms with Crippen LogP contribution in [0.15, 0.2) is 21.3 Å². The van der Waals surface area contributed by atoms with E-state index in [2.05, 4.69) is 4.98 Å². The van der Waals surface area contributed by atoms with E-state index in [-0.39, 0.29) is 0 Å². The second kappa shape index (κ2) is 5.09. The smallest absolute Gasteiger partial charge is 0.417 e. The number of fused-ring (bicyclic) bond motifs is 1. The van der Waals surface area contributed by atoms with Crippen molar-refractivity contribution in [1.82, 2.24) is 4.98 Å². The predicted octanol–water partition coefficient (Wildman–Crippen LogP) is 1.63. The SMILES string of the molecule is COc1cc2[nH]c(=O)oc2cc1C1(O)CCC2(CC1)OCCO2. The summed E-state index contributed by atoms with van der Waals surface area (Å²) in [4.78, 5) is 14.0. The summed E-state index contributed by atoms with van der Waals surface area (Å²) < 4.78 is 21.9. The average molecular weight is 321 g/mol. The number of aliphatic hydroxyl groups is 1. The zero-order valence-electron chi connectivity index (χ0n) is 12.9. The lowest BCUT2D eigenvalue weighted by molar-refractivity contribution is -0.204. The molecule has 2 N–H and O–H groups in total. The van der Waals surface area contributed by atoms with E-state index < -0.39 is 17.1 Å². The summed E-state index contributed by atoms with van der Waals surface area (Å²) in [5.41, 5.74) is 0.528. The highest BCUT2D eigenvalue weighted by atomic mass is 16.7. The molecule has 7 heteroatoms. The lowest BCUT2D eigenvalue weighted by Crippen LogP contribution is -2.42. The van der Waals surface area contributed by atoms with Gasteiger partial charge in [-0.25, -0.2) is 4.79 Å². The number of benzene rings is 1. The third-order valence-electron chi connectivity index (χ3n) is 4.89. The van der Waals surface area contributed by atoms with Crippen molar-refractivity contribution in [2.75, 3.05) is 20.3 Å². The van der Waals surface area contributed by atoms with Gasteiger partial charge in [-0.1, -0.05) is 0 Å². The maximum absolute atomic E-state index is 11.4. The first kappa shape index (κ1) is 14.7. The molecule has 124 valence electrons. The number of hydrogen-bond acceptors (Lipinski definition) is 6. The van der Waals surface area contributed by atoms with E-state index in [4.69, 9.17) is 18.6 Å². The fourth-order valence-corrected chi connectivity index (χ4v) is 3.61. The van der Waals surface area contributed by atoms with E-state index in [1.54, 1.807) is 19.2 Å². The summed E-state index contributed by atoms with van der Waals surface area (Å²) in [5.74, 6) is -0.549. The van der Waals surface area contributed by atoms with E-state index in [0.717, 1.165) is 0 Å². The number of nitrogens with one attached hydrogen (secondary N) is 1. The minimum atomic E-state index is -1.06. The molecule has 2 fully saturated rings. The van der Waals surface area contributed by atoms with Gasteiger partial charge < -0.3 is 23.7 Å². The Hall–Kier alpha value is -1.83. The molecule has 7 nitrogen and oxygen atoms in total. The zero-order valence-corrected chi connectivity index (χ0v) is 12.9. The molecule has 0 amide bonds. The normalized spacial score (nSPS) is 22.7. The van der Waals surface area contributed by atoms with Gasteiger partial charge in [-0.05, 0) is 18.9 Å². The Bertz CT molecular complexity index is 775. The van der Waals surface area contributed by atoms with E-state index in [0.29, 0.717) is 61.3 Å². The van der Waals surface area contributed by atoms with Crippen LogP contribution < -0.4 is 10.5 Å².